The number of aromatic hydroxyl groups is 3. The number of benzene rings is 7. The number of ether oxygens (including phenoxy) is 7. The second-order valence-corrected chi connectivity index (χ2v) is 30.7. The molecule has 0 spiro atoms. The second-order valence-electron chi connectivity index (χ2n) is 29.4. The van der Waals surface area contributed by atoms with Crippen LogP contribution < -0.4 is 56.6 Å². The number of phenols is 3. The van der Waals surface area contributed by atoms with Gasteiger partial charge in [-0.15, -0.1) is 11.6 Å². The fourth-order valence-corrected chi connectivity index (χ4v) is 15.2. The molecule has 2 saturated heterocycles. The Kier molecular flexibility index (Phi) is 27.7. The number of nitrogens with one attached hydrogen (secondary N) is 6. The number of hydrogen-bond donors (Lipinski definition) is 15. The van der Waals surface area contributed by atoms with Gasteiger partial charge in [0.2, 0.25) is 35.7 Å². The summed E-state index contributed by atoms with van der Waals surface area (Å²) in [6.45, 7) is 7.36. The van der Waals surface area contributed by atoms with Crippen LogP contribution in [-0.2, 0) is 91.8 Å². The van der Waals surface area contributed by atoms with Crippen LogP contribution in [0.4, 0.5) is 0 Å². The number of carbonyl (C=O) groups excluding carboxylic acids is 8. The van der Waals surface area contributed by atoms with Gasteiger partial charge in [-0.1, -0.05) is 115 Å². The van der Waals surface area contributed by atoms with Gasteiger partial charge in [0, 0.05) is 93.1 Å². The smallest absolute Gasteiger partial charge is 0.283 e. The predicted octanol–water partition coefficient (Wildman–Crippen LogP) is 6.84. The van der Waals surface area contributed by atoms with E-state index in [1.807, 2.05) is 50.2 Å². The van der Waals surface area contributed by atoms with Crippen molar-refractivity contribution in [2.24, 2.45) is 17.6 Å². The van der Waals surface area contributed by atoms with Gasteiger partial charge in [-0.25, -0.2) is 0 Å². The van der Waals surface area contributed by atoms with E-state index in [1.165, 1.54) is 49.5 Å². The Morgan fingerprint density at radius 1 is 0.739 bits per heavy atom. The number of Topliss-reactive ketones (excluding diaryl/α,β-unsaturated/α-hetero) is 3. The Morgan fingerprint density at radius 3 is 2.02 bits per heavy atom. The Balaban J connectivity index is 0.0000130. The zero-order chi connectivity index (χ0) is 82.0. The first-order chi connectivity index (χ1) is 54.2. The summed E-state index contributed by atoms with van der Waals surface area (Å²) in [7, 11) is 1.51. The first-order valence-electron chi connectivity index (χ1n) is 36.6. The van der Waals surface area contributed by atoms with E-state index < -0.39 is 210 Å². The number of halogens is 3. The fraction of sp³-hybridized carbons (Fsp3) is 0.383. The van der Waals surface area contributed by atoms with Gasteiger partial charge in [-0.2, -0.15) is 0 Å². The Morgan fingerprint density at radius 2 is 1.39 bits per heavy atom. The summed E-state index contributed by atoms with van der Waals surface area (Å²) >= 11 is 20.5. The number of nitrogens with two attached hydrogens (primary N) is 1. The van der Waals surface area contributed by atoms with Crippen LogP contribution >= 0.6 is 34.8 Å². The summed E-state index contributed by atoms with van der Waals surface area (Å²) in [6.07, 6.45) is -20.0. The number of ketones is 3. The molecular formula is C81H85Cl3N7O23Y-. The monoisotopic (exact) mass is 1720 g/mol. The number of likely N-dealkylation sites (N-methyl/N-ethyl adjacent to an activating group) is 1. The van der Waals surface area contributed by atoms with Crippen LogP contribution in [-0.4, -0.2) is 174 Å². The predicted molar refractivity (Wildman–Crippen MR) is 409 cm³/mol. The number of aliphatic hydroxyl groups excluding tert-OH is 5. The Bertz CT molecular complexity index is 4860. The molecule has 2 fully saturated rings. The normalized spacial score (nSPS) is 26.6. The van der Waals surface area contributed by atoms with Crippen LogP contribution in [0.25, 0.3) is 22.3 Å². The largest absolute Gasteiger partial charge is 0.534 e. The maximum Gasteiger partial charge on any atom is 0.283 e. The van der Waals surface area contributed by atoms with Crippen molar-refractivity contribution in [2.45, 2.75) is 170 Å². The molecule has 17 atom stereocenters. The molecule has 5 amide bonds. The van der Waals surface area contributed by atoms with Crippen LogP contribution in [0.15, 0.2) is 121 Å². The number of rotatable bonds is 17. The fourth-order valence-electron chi connectivity index (χ4n) is 14.6. The number of carbonyl (C=O) groups is 8. The van der Waals surface area contributed by atoms with Crippen LogP contribution in [0, 0.1) is 17.9 Å². The molecule has 0 aromatic heterocycles. The zero-order valence-electron chi connectivity index (χ0n) is 62.8. The molecule has 607 valence electrons. The Hall–Kier alpha value is -8.93. The van der Waals surface area contributed by atoms with Gasteiger partial charge in [0.15, 0.2) is 41.2 Å². The van der Waals surface area contributed by atoms with Gasteiger partial charge in [0.1, 0.15) is 59.5 Å². The molecule has 0 saturated carbocycles. The second kappa shape index (κ2) is 36.7. The Labute approximate surface area is 699 Å². The van der Waals surface area contributed by atoms with Crippen LogP contribution in [0.5, 0.6) is 51.7 Å². The SMILES string of the molecule is CN[C@H](CC(C)C)C(=O)N[C@H]1C(=O)C[C@@H](CC(N)=O)C(=O)N[C@H]2C(=O)C[C@H]3C(=O)N[C@@H](Oc4ccc(c(Cl)c4)Oc4cc2cc(c4OC2OC(CO)C(O)C(O)C2OC2CC(C)(NCc4ccc(-c5ccc(Cl)cc5)cc4)C(O)C(C)O2)Oc2ccc(cc2Cl)[C@H]1O)C(=O)N[C@H](C(C)=O)c1cc(O)[c-]c(O)c1-c1cc3ccc1O.[Y]. The van der Waals surface area contributed by atoms with Crippen molar-refractivity contribution in [1.29, 1.82) is 0 Å². The molecule has 7 aromatic rings. The first kappa shape index (κ1) is 86.9. The van der Waals surface area contributed by atoms with Crippen molar-refractivity contribution in [1.82, 2.24) is 31.9 Å². The van der Waals surface area contributed by atoms with Gasteiger partial charge < -0.3 is 112 Å². The number of hydrogen-bond acceptors (Lipinski definition) is 25. The molecule has 7 aliphatic heterocycles. The summed E-state index contributed by atoms with van der Waals surface area (Å²) in [5.41, 5.74) is 5.72. The number of amides is 5. The van der Waals surface area contributed by atoms with Crippen LogP contribution in [0.3, 0.4) is 0 Å². The molecule has 0 aliphatic carbocycles. The maximum atomic E-state index is 16.3. The van der Waals surface area contributed by atoms with Crippen molar-refractivity contribution >= 4 is 81.7 Å². The van der Waals surface area contributed by atoms with E-state index in [0.29, 0.717) is 5.02 Å². The van der Waals surface area contributed by atoms with Crippen molar-refractivity contribution in [2.75, 3.05) is 13.7 Å². The van der Waals surface area contributed by atoms with E-state index in [0.717, 1.165) is 53.9 Å². The first-order valence-corrected chi connectivity index (χ1v) is 37.7. The molecule has 11 bridgehead atoms. The zero-order valence-corrected chi connectivity index (χ0v) is 67.9. The van der Waals surface area contributed by atoms with E-state index in [1.54, 1.807) is 26.0 Å². The molecule has 115 heavy (non-hydrogen) atoms. The van der Waals surface area contributed by atoms with Gasteiger partial charge in [0.05, 0.1) is 52.8 Å². The number of fused-ring (bicyclic) bond motifs is 15. The van der Waals surface area contributed by atoms with Gasteiger partial charge >= 0.3 is 0 Å². The van der Waals surface area contributed by atoms with E-state index in [2.05, 4.69) is 38.0 Å². The molecule has 7 heterocycles. The topological polar surface area (TPSA) is 461 Å². The summed E-state index contributed by atoms with van der Waals surface area (Å²) < 4.78 is 45.9. The summed E-state index contributed by atoms with van der Waals surface area (Å²) in [5, 5.41) is 110. The minimum atomic E-state index is -2.18. The quantitative estimate of drug-likeness (QED) is 0.0415. The summed E-state index contributed by atoms with van der Waals surface area (Å²) in [5.74, 6) is -17.0. The molecule has 1 radical (unpaired) electrons. The number of aliphatic hydroxyl groups is 5. The van der Waals surface area contributed by atoms with Crippen molar-refractivity contribution in [3.63, 3.8) is 0 Å². The molecule has 9 unspecified atom stereocenters. The third-order valence-corrected chi connectivity index (χ3v) is 21.6. The van der Waals surface area contributed by atoms with Crippen molar-refractivity contribution in [3.8, 4) is 74.0 Å². The molecule has 30 nitrogen and oxygen atoms in total. The van der Waals surface area contributed by atoms with Gasteiger partial charge in [-0.3, -0.25) is 38.4 Å². The molecule has 16 N–H and O–H groups in total. The maximum absolute atomic E-state index is 16.3. The van der Waals surface area contributed by atoms with E-state index in [4.69, 9.17) is 73.7 Å². The average molecular weight is 1720 g/mol. The van der Waals surface area contributed by atoms with Crippen LogP contribution in [0.1, 0.15) is 119 Å². The van der Waals surface area contributed by atoms with Crippen molar-refractivity contribution in [3.05, 3.63) is 170 Å². The molecule has 7 aliphatic rings. The minimum Gasteiger partial charge on any atom is -0.534 e. The van der Waals surface area contributed by atoms with E-state index in [9.17, 15) is 60.0 Å². The molecule has 7 aromatic carbocycles. The summed E-state index contributed by atoms with van der Waals surface area (Å²) in [6, 6.07) is 24.6. The minimum absolute atomic E-state index is 0. The number of primary amides is 1. The van der Waals surface area contributed by atoms with Crippen LogP contribution in [0.2, 0.25) is 15.1 Å². The molecular weight excluding hydrogens is 1630 g/mol. The molecule has 34 heteroatoms. The van der Waals surface area contributed by atoms with Gasteiger partial charge in [0.25, 0.3) is 12.1 Å². The average Bonchev–Trinajstić information content (AvgIpc) is 0.767. The van der Waals surface area contributed by atoms with E-state index in [-0.39, 0.29) is 119 Å². The third kappa shape index (κ3) is 19.5. The van der Waals surface area contributed by atoms with Crippen molar-refractivity contribution < 1.29 is 145 Å². The van der Waals surface area contributed by atoms with E-state index >= 15 is 19.2 Å². The summed E-state index contributed by atoms with van der Waals surface area (Å²) in [4.78, 5) is 119. The number of phenolic OH excluding ortho intramolecular Hbond substituents is 3. The molecule has 14 rings (SSSR count). The standard InChI is InChI=1S/C81H85Cl3N7O23.Y/c1-35(2)21-53(86-6)77(106)90-68-56(97)24-44(27-63(85)99)75(104)89-67-43-25-60(110-58-19-14-42(69(68)100)23-51(58)83)72(114-80-73(71(102)70(101)62(34-92)112-80)113-64-32-81(5,74(103)37(4)108-64)87-33-38-7-9-39(10-8-38)40-11-15-45(82)16-12-40)61(26-43)111-59-20-17-47(30-52(59)84)109-79-78(107)88-66(36(3)93)50-28-46(94)29-55(96)65(50)49-22-41(13-18-54(49)95)48(31-57(67)98)76(105)91-79;/h7-20,22-23,25-26,28,30,35,37,44,48,53,62,64,66-71,73-74,79-80,86-87,92,94-96,100-103H,21,24,27,31-34H2,1-6H3,(H2,85,99)(H,88,107)(H,89,104)(H,90,106)(H,91,105);/q-1;/t37?,44-,48+,53+,62?,64?,66+,67+,68-,69+,70?,71?,73?,74?,79-,80?,81?;/m0./s1. The third-order valence-electron chi connectivity index (χ3n) is 20.7. The van der Waals surface area contributed by atoms with Gasteiger partial charge in [-0.05, 0) is 134 Å².